The third-order valence-electron chi connectivity index (χ3n) is 9.94. The van der Waals surface area contributed by atoms with Gasteiger partial charge in [0, 0.05) is 55.4 Å². The number of para-hydroxylation sites is 1. The largest absolute Gasteiger partial charge is 0.461 e. The zero-order valence-electron chi connectivity index (χ0n) is 27.3. The van der Waals surface area contributed by atoms with Crippen LogP contribution in [0.25, 0.3) is 28.2 Å². The van der Waals surface area contributed by atoms with Gasteiger partial charge in [0.1, 0.15) is 11.5 Å². The molecule has 2 heterocycles. The molecule has 2 nitrogen and oxygen atoms in total. The fourth-order valence-corrected chi connectivity index (χ4v) is 11.8. The summed E-state index contributed by atoms with van der Waals surface area (Å²) in [6.45, 7) is 0. The second kappa shape index (κ2) is 12.5. The van der Waals surface area contributed by atoms with Gasteiger partial charge >= 0.3 is 0 Å². The van der Waals surface area contributed by atoms with Gasteiger partial charge in [-0.2, -0.15) is 0 Å². The van der Waals surface area contributed by atoms with Crippen molar-refractivity contribution >= 4 is 38.3 Å². The van der Waals surface area contributed by atoms with Crippen LogP contribution in [0, 0.1) is 0 Å². The van der Waals surface area contributed by atoms with E-state index < -0.39 is 10.0 Å². The summed E-state index contributed by atoms with van der Waals surface area (Å²) >= 11 is 0. The van der Waals surface area contributed by atoms with E-state index in [1.54, 1.807) is 0 Å². The molecule has 5 aromatic rings. The minimum atomic E-state index is -1.81. The summed E-state index contributed by atoms with van der Waals surface area (Å²) in [5.41, 5.74) is 7.51. The van der Waals surface area contributed by atoms with E-state index in [0.717, 1.165) is 37.2 Å². The molecular formula is C46H37NOS. The normalized spacial score (nSPS) is 20.1. The topological polar surface area (TPSA) is 14.2 Å². The SMILES string of the molecule is C1=CC=C(S(c2ccccc2)(c2ccccc2)c2ccc3c(c2)/C2=C/C(n4c5c(c6ccccc64)C=CC=CC5)=C\C=C(/CC2)O3)CC=C1. The number of hydrogen-bond donors (Lipinski definition) is 0. The Morgan fingerprint density at radius 2 is 1.37 bits per heavy atom. The van der Waals surface area contributed by atoms with Gasteiger partial charge in [0.25, 0.3) is 0 Å². The van der Waals surface area contributed by atoms with E-state index in [-0.39, 0.29) is 0 Å². The first kappa shape index (κ1) is 29.6. The summed E-state index contributed by atoms with van der Waals surface area (Å²) in [5.74, 6) is 1.93. The summed E-state index contributed by atoms with van der Waals surface area (Å²) in [5, 5.41) is 1.28. The molecule has 3 aliphatic carbocycles. The fourth-order valence-electron chi connectivity index (χ4n) is 7.74. The van der Waals surface area contributed by atoms with E-state index in [2.05, 4.69) is 181 Å². The molecule has 238 valence electrons. The molecule has 0 unspecified atom stereocenters. The number of allylic oxidation sites excluding steroid dienone is 15. The Hall–Kier alpha value is -5.51. The smallest absolute Gasteiger partial charge is 0.134 e. The molecule has 0 N–H and O–H groups in total. The number of hydrogen-bond acceptors (Lipinski definition) is 1. The highest BCUT2D eigenvalue weighted by Gasteiger charge is 2.36. The Labute approximate surface area is 290 Å². The summed E-state index contributed by atoms with van der Waals surface area (Å²) in [7, 11) is -1.81. The zero-order chi connectivity index (χ0) is 32.6. The van der Waals surface area contributed by atoms with Crippen LogP contribution in [0.5, 0.6) is 5.75 Å². The summed E-state index contributed by atoms with van der Waals surface area (Å²) in [6.07, 6.45) is 30.4. The molecule has 0 spiro atoms. The number of aromatic nitrogens is 1. The van der Waals surface area contributed by atoms with Crippen molar-refractivity contribution in [3.05, 3.63) is 197 Å². The van der Waals surface area contributed by atoms with Gasteiger partial charge in [-0.25, -0.2) is 0 Å². The Morgan fingerprint density at radius 3 is 2.20 bits per heavy atom. The molecule has 9 rings (SSSR count). The lowest BCUT2D eigenvalue weighted by Crippen LogP contribution is -2.08. The Bertz CT molecular complexity index is 2300. The maximum absolute atomic E-state index is 6.75. The molecule has 4 aromatic carbocycles. The number of ether oxygens (including phenoxy) is 1. The second-order valence-corrected chi connectivity index (χ2v) is 15.9. The lowest BCUT2D eigenvalue weighted by Gasteiger charge is -2.44. The highest BCUT2D eigenvalue weighted by Crippen LogP contribution is 2.74. The van der Waals surface area contributed by atoms with Crippen LogP contribution in [0.4, 0.5) is 0 Å². The van der Waals surface area contributed by atoms with Crippen molar-refractivity contribution in [1.29, 1.82) is 0 Å². The van der Waals surface area contributed by atoms with Gasteiger partial charge in [0.2, 0.25) is 0 Å². The van der Waals surface area contributed by atoms with Gasteiger partial charge in [0.05, 0.1) is 5.52 Å². The molecule has 2 bridgehead atoms. The van der Waals surface area contributed by atoms with Gasteiger partial charge in [-0.3, -0.25) is 0 Å². The van der Waals surface area contributed by atoms with E-state index in [9.17, 15) is 0 Å². The minimum Gasteiger partial charge on any atom is -0.461 e. The number of rotatable bonds is 5. The Balaban J connectivity index is 1.28. The first-order valence-corrected chi connectivity index (χ1v) is 18.8. The van der Waals surface area contributed by atoms with Gasteiger partial charge in [-0.15, -0.1) is 10.0 Å². The molecule has 0 saturated carbocycles. The van der Waals surface area contributed by atoms with Crippen molar-refractivity contribution in [2.24, 2.45) is 0 Å². The number of fused-ring (bicyclic) bond motifs is 8. The standard InChI is InChI=1S/C46H37NOS/c1-2-7-17-37(16-6-1)49(38-18-8-3-9-19-38,39-20-10-4-11-21-39)40-30-31-46-43(33-40)34-26-28-36(48-46)29-27-35(32-34)47-44-24-13-5-12-22-41(44)42-23-14-15-25-45(42)47/h1-16,18-23,25,27,29-33H,17,24,26,28H2/b34-32+,35-27+,36-29+. The van der Waals surface area contributed by atoms with Gasteiger partial charge in [-0.05, 0) is 90.1 Å². The second-order valence-electron chi connectivity index (χ2n) is 12.7. The number of nitrogens with zero attached hydrogens (tertiary/aromatic N) is 1. The quantitative estimate of drug-likeness (QED) is 0.184. The average molecular weight is 652 g/mol. The van der Waals surface area contributed by atoms with Crippen molar-refractivity contribution < 1.29 is 4.74 Å². The molecule has 0 saturated heterocycles. The third kappa shape index (κ3) is 5.05. The van der Waals surface area contributed by atoms with Crippen molar-refractivity contribution in [3.8, 4) is 5.75 Å². The predicted octanol–water partition coefficient (Wildman–Crippen LogP) is 12.4. The zero-order valence-corrected chi connectivity index (χ0v) is 28.2. The van der Waals surface area contributed by atoms with Crippen LogP contribution in [0.3, 0.4) is 0 Å². The molecule has 1 aromatic heterocycles. The third-order valence-corrected chi connectivity index (χ3v) is 13.9. The minimum absolute atomic E-state index is 0.867. The van der Waals surface area contributed by atoms with E-state index in [4.69, 9.17) is 4.74 Å². The van der Waals surface area contributed by atoms with Crippen molar-refractivity contribution in [2.75, 3.05) is 0 Å². The molecular weight excluding hydrogens is 615 g/mol. The Morgan fingerprint density at radius 1 is 0.612 bits per heavy atom. The Kier molecular flexibility index (Phi) is 7.56. The average Bonchev–Trinajstić information content (AvgIpc) is 3.44. The van der Waals surface area contributed by atoms with Crippen molar-refractivity contribution in [1.82, 2.24) is 4.57 Å². The molecule has 0 radical (unpaired) electrons. The van der Waals surface area contributed by atoms with Crippen LogP contribution in [-0.2, 0) is 6.42 Å². The van der Waals surface area contributed by atoms with Crippen LogP contribution < -0.4 is 4.74 Å². The number of benzene rings is 4. The molecule has 0 fully saturated rings. The van der Waals surface area contributed by atoms with Gasteiger partial charge in [0.15, 0.2) is 0 Å². The monoisotopic (exact) mass is 651 g/mol. The lowest BCUT2D eigenvalue weighted by molar-refractivity contribution is 0.410. The van der Waals surface area contributed by atoms with E-state index in [0.29, 0.717) is 0 Å². The van der Waals surface area contributed by atoms with Crippen LogP contribution in [0.2, 0.25) is 0 Å². The summed E-state index contributed by atoms with van der Waals surface area (Å²) < 4.78 is 9.22. The molecule has 49 heavy (non-hydrogen) atoms. The first-order valence-electron chi connectivity index (χ1n) is 17.2. The molecule has 4 aliphatic rings. The highest BCUT2D eigenvalue weighted by molar-refractivity contribution is 8.37. The fraction of sp³-hybridized carbons (Fsp3) is 0.0870. The summed E-state index contributed by atoms with van der Waals surface area (Å²) in [6, 6.07) is 38.1. The molecule has 0 atom stereocenters. The maximum atomic E-state index is 6.75. The van der Waals surface area contributed by atoms with Crippen molar-refractivity contribution in [2.45, 2.75) is 40.4 Å². The maximum Gasteiger partial charge on any atom is 0.134 e. The van der Waals surface area contributed by atoms with E-state index in [1.807, 2.05) is 0 Å². The van der Waals surface area contributed by atoms with Crippen LogP contribution >= 0.6 is 10.0 Å². The molecule has 0 amide bonds. The van der Waals surface area contributed by atoms with Gasteiger partial charge in [-0.1, -0.05) is 109 Å². The lowest BCUT2D eigenvalue weighted by atomic mass is 9.98. The van der Waals surface area contributed by atoms with Gasteiger partial charge < -0.3 is 9.30 Å². The first-order chi connectivity index (χ1) is 24.3. The van der Waals surface area contributed by atoms with E-state index in [1.165, 1.54) is 58.6 Å². The van der Waals surface area contributed by atoms with E-state index >= 15 is 0 Å². The molecule has 1 aliphatic heterocycles. The molecule has 3 heteroatoms. The van der Waals surface area contributed by atoms with Crippen LogP contribution in [0.15, 0.2) is 195 Å². The predicted molar refractivity (Wildman–Crippen MR) is 207 cm³/mol. The van der Waals surface area contributed by atoms with Crippen LogP contribution in [-0.4, -0.2) is 4.57 Å². The summed E-state index contributed by atoms with van der Waals surface area (Å²) in [4.78, 5) is 5.41. The van der Waals surface area contributed by atoms with Crippen molar-refractivity contribution in [3.63, 3.8) is 0 Å². The van der Waals surface area contributed by atoms with Crippen LogP contribution in [0.1, 0.15) is 36.1 Å². The highest BCUT2D eigenvalue weighted by atomic mass is 32.3.